The summed E-state index contributed by atoms with van der Waals surface area (Å²) in [6, 6.07) is 5.06. The number of hydrogen-bond donors (Lipinski definition) is 0. The molecule has 3 unspecified atom stereocenters. The summed E-state index contributed by atoms with van der Waals surface area (Å²) in [4.78, 5) is 19.0. The van der Waals surface area contributed by atoms with Crippen LogP contribution in [0, 0.1) is 17.8 Å². The van der Waals surface area contributed by atoms with Gasteiger partial charge in [-0.2, -0.15) is 8.42 Å². The molecular weight excluding hydrogens is 456 g/mol. The second kappa shape index (κ2) is 6.87. The first-order valence-electron chi connectivity index (χ1n) is 11.0. The highest BCUT2D eigenvalue weighted by atomic mass is 32.2. The second-order valence-corrected chi connectivity index (χ2v) is 11.4. The Balaban J connectivity index is 1.18. The van der Waals surface area contributed by atoms with Crippen molar-refractivity contribution in [2.45, 2.75) is 31.1 Å². The minimum atomic E-state index is -3.91. The van der Waals surface area contributed by atoms with Gasteiger partial charge in [0, 0.05) is 56.7 Å². The van der Waals surface area contributed by atoms with Crippen LogP contribution >= 0.6 is 0 Å². The lowest BCUT2D eigenvalue weighted by molar-refractivity contribution is 0.0769. The van der Waals surface area contributed by atoms with Crippen molar-refractivity contribution in [2.75, 3.05) is 35.3 Å². The lowest BCUT2D eigenvalue weighted by Gasteiger charge is -2.18. The maximum Gasteiger partial charge on any atom is 0.327 e. The van der Waals surface area contributed by atoms with Gasteiger partial charge in [-0.3, -0.25) is 4.79 Å². The quantitative estimate of drug-likeness (QED) is 0.668. The van der Waals surface area contributed by atoms with Crippen molar-refractivity contribution in [3.8, 4) is 0 Å². The second-order valence-electron chi connectivity index (χ2n) is 9.53. The van der Waals surface area contributed by atoms with E-state index in [0.717, 1.165) is 27.1 Å². The summed E-state index contributed by atoms with van der Waals surface area (Å²) in [6.07, 6.45) is 2.81. The topological polar surface area (TPSA) is 99.8 Å². The molecule has 6 rings (SSSR count). The fourth-order valence-corrected chi connectivity index (χ4v) is 6.95. The number of anilines is 2. The molecule has 0 spiro atoms. The molecule has 2 aromatic rings. The largest absolute Gasteiger partial charge is 0.364 e. The lowest BCUT2D eigenvalue weighted by atomic mass is 10.0. The third kappa shape index (κ3) is 3.21. The van der Waals surface area contributed by atoms with Gasteiger partial charge in [0.25, 0.3) is 11.8 Å². The summed E-state index contributed by atoms with van der Waals surface area (Å²) >= 11 is 0. The lowest BCUT2D eigenvalue weighted by Crippen LogP contribution is -2.37. The number of pyridine rings is 1. The highest BCUT2D eigenvalue weighted by molar-refractivity contribution is 7.94. The molecule has 0 aromatic carbocycles. The molecule has 4 aliphatic rings. The van der Waals surface area contributed by atoms with Gasteiger partial charge in [0.15, 0.2) is 11.5 Å². The average molecular weight is 480 g/mol. The summed E-state index contributed by atoms with van der Waals surface area (Å²) in [5.41, 5.74) is 1.47. The van der Waals surface area contributed by atoms with Crippen LogP contribution in [0.1, 0.15) is 41.4 Å². The van der Waals surface area contributed by atoms with Crippen LogP contribution in [0.3, 0.4) is 0 Å². The van der Waals surface area contributed by atoms with Crippen molar-refractivity contribution in [1.82, 2.24) is 15.0 Å². The predicted octanol–water partition coefficient (Wildman–Crippen LogP) is 2.49. The van der Waals surface area contributed by atoms with E-state index < -0.39 is 22.0 Å². The molecule has 2 aliphatic carbocycles. The van der Waals surface area contributed by atoms with E-state index in [1.807, 2.05) is 11.0 Å². The number of likely N-dealkylation sites (tertiary alicyclic amines) is 1. The number of hydrogen-bond acceptors (Lipinski definition) is 6. The molecule has 1 saturated heterocycles. The highest BCUT2D eigenvalue weighted by Crippen LogP contribution is 2.52. The van der Waals surface area contributed by atoms with E-state index in [9.17, 15) is 22.0 Å². The Bertz CT molecular complexity index is 1210. The Morgan fingerprint density at radius 2 is 1.91 bits per heavy atom. The van der Waals surface area contributed by atoms with Gasteiger partial charge in [-0.1, -0.05) is 5.16 Å². The van der Waals surface area contributed by atoms with Crippen LogP contribution in [-0.4, -0.2) is 62.0 Å². The molecule has 2 aromatic heterocycles. The normalized spacial score (nSPS) is 31.1. The Kier molecular flexibility index (Phi) is 4.34. The van der Waals surface area contributed by atoms with Gasteiger partial charge < -0.3 is 9.42 Å². The standard InChI is InChI=1S/C21H23F2N5O4S/c1-26-19-18(28(33(26,30)31)11-15-8-21(15,22)23)3-2-16(24-19)12-6-13-9-27(10-14(13)7-12)20(29)17-4-5-32-25-17/h2-5,12-15H,6-11H2,1H3. The van der Waals surface area contributed by atoms with Crippen LogP contribution in [0.4, 0.5) is 20.3 Å². The van der Waals surface area contributed by atoms with E-state index in [-0.39, 0.29) is 30.6 Å². The number of rotatable bonds is 4. The van der Waals surface area contributed by atoms with Gasteiger partial charge in [-0.25, -0.2) is 22.4 Å². The molecule has 2 aliphatic heterocycles. The Morgan fingerprint density at radius 1 is 1.21 bits per heavy atom. The zero-order chi connectivity index (χ0) is 23.1. The van der Waals surface area contributed by atoms with E-state index in [1.165, 1.54) is 13.3 Å². The van der Waals surface area contributed by atoms with Crippen molar-refractivity contribution >= 4 is 27.6 Å². The molecule has 0 radical (unpaired) electrons. The first-order chi connectivity index (χ1) is 15.6. The number of fused-ring (bicyclic) bond motifs is 2. The van der Waals surface area contributed by atoms with E-state index >= 15 is 0 Å². The molecule has 1 amide bonds. The SMILES string of the molecule is CN1c2nc(C3CC4CN(C(=O)c5ccon5)CC4C3)ccc2N(CC2CC2(F)F)S1(=O)=O. The Morgan fingerprint density at radius 3 is 2.52 bits per heavy atom. The fourth-order valence-electron chi connectivity index (χ4n) is 5.54. The molecule has 9 nitrogen and oxygen atoms in total. The van der Waals surface area contributed by atoms with Crippen LogP contribution < -0.4 is 8.61 Å². The van der Waals surface area contributed by atoms with Crippen LogP contribution in [0.15, 0.2) is 29.0 Å². The van der Waals surface area contributed by atoms with Crippen molar-refractivity contribution in [1.29, 1.82) is 0 Å². The zero-order valence-electron chi connectivity index (χ0n) is 17.9. The van der Waals surface area contributed by atoms with Crippen molar-refractivity contribution in [2.24, 2.45) is 17.8 Å². The first-order valence-corrected chi connectivity index (χ1v) is 12.4. The van der Waals surface area contributed by atoms with Crippen molar-refractivity contribution in [3.05, 3.63) is 35.9 Å². The number of amides is 1. The van der Waals surface area contributed by atoms with Gasteiger partial charge in [0.1, 0.15) is 6.26 Å². The molecule has 3 atom stereocenters. The van der Waals surface area contributed by atoms with Gasteiger partial charge in [-0.05, 0) is 36.8 Å². The van der Waals surface area contributed by atoms with E-state index in [4.69, 9.17) is 4.52 Å². The van der Waals surface area contributed by atoms with Gasteiger partial charge in [0.05, 0.1) is 5.69 Å². The number of aromatic nitrogens is 2. The molecule has 12 heteroatoms. The summed E-state index contributed by atoms with van der Waals surface area (Å²) in [5, 5.41) is 3.73. The molecule has 4 heterocycles. The predicted molar refractivity (Wildman–Crippen MR) is 113 cm³/mol. The highest BCUT2D eigenvalue weighted by Gasteiger charge is 2.59. The zero-order valence-corrected chi connectivity index (χ0v) is 18.7. The molecular formula is C21H23F2N5O4S. The molecule has 176 valence electrons. The van der Waals surface area contributed by atoms with E-state index in [2.05, 4.69) is 10.1 Å². The van der Waals surface area contributed by atoms with Crippen LogP contribution in [-0.2, 0) is 10.2 Å². The van der Waals surface area contributed by atoms with E-state index in [0.29, 0.717) is 36.3 Å². The fraction of sp³-hybridized carbons (Fsp3) is 0.571. The Hall–Kier alpha value is -2.76. The maximum atomic E-state index is 13.4. The number of carbonyl (C=O) groups excluding carboxylic acids is 1. The summed E-state index contributed by atoms with van der Waals surface area (Å²) in [7, 11) is -2.50. The third-order valence-corrected chi connectivity index (χ3v) is 9.29. The van der Waals surface area contributed by atoms with Crippen LogP contribution in [0.5, 0.6) is 0 Å². The number of carbonyl (C=O) groups is 1. The molecule has 0 bridgehead atoms. The van der Waals surface area contributed by atoms with E-state index in [1.54, 1.807) is 12.1 Å². The number of halogens is 2. The summed E-state index contributed by atoms with van der Waals surface area (Å²) < 4.78 is 59.4. The smallest absolute Gasteiger partial charge is 0.327 e. The van der Waals surface area contributed by atoms with Gasteiger partial charge in [-0.15, -0.1) is 0 Å². The van der Waals surface area contributed by atoms with Gasteiger partial charge in [0.2, 0.25) is 0 Å². The van der Waals surface area contributed by atoms with Crippen LogP contribution in [0.25, 0.3) is 0 Å². The average Bonchev–Trinajstić information content (AvgIpc) is 3.31. The molecule has 3 fully saturated rings. The maximum absolute atomic E-state index is 13.4. The molecule has 33 heavy (non-hydrogen) atoms. The molecule has 2 saturated carbocycles. The monoisotopic (exact) mass is 479 g/mol. The summed E-state index contributed by atoms with van der Waals surface area (Å²) in [6.45, 7) is 1.06. The first kappa shape index (κ1) is 20.8. The molecule has 0 N–H and O–H groups in total. The van der Waals surface area contributed by atoms with Gasteiger partial charge >= 0.3 is 10.2 Å². The summed E-state index contributed by atoms with van der Waals surface area (Å²) in [5.74, 6) is -2.74. The van der Waals surface area contributed by atoms with Crippen LogP contribution in [0.2, 0.25) is 0 Å². The minimum absolute atomic E-state index is 0.126. The number of nitrogens with zero attached hydrogens (tertiary/aromatic N) is 5. The third-order valence-electron chi connectivity index (χ3n) is 7.52. The number of alkyl halides is 2. The van der Waals surface area contributed by atoms with Crippen molar-refractivity contribution < 1.29 is 26.5 Å². The minimum Gasteiger partial charge on any atom is -0.364 e. The van der Waals surface area contributed by atoms with Crippen molar-refractivity contribution in [3.63, 3.8) is 0 Å². The Labute approximate surface area is 189 Å².